The molecule has 5 aromatic rings. The van der Waals surface area contributed by atoms with E-state index in [2.05, 4.69) is 25.3 Å². The lowest BCUT2D eigenvalue weighted by Gasteiger charge is -2.13. The number of anilines is 1. The van der Waals surface area contributed by atoms with Crippen LogP contribution in [0.1, 0.15) is 11.4 Å². The third-order valence-electron chi connectivity index (χ3n) is 5.84. The Balaban J connectivity index is 1.91. The van der Waals surface area contributed by atoms with Crippen molar-refractivity contribution in [2.24, 2.45) is 10.7 Å². The zero-order chi connectivity index (χ0) is 25.6. The quantitative estimate of drug-likeness (QED) is 0.245. The molecule has 0 aliphatic heterocycles. The molecule has 5 rings (SSSR count). The second-order valence-corrected chi connectivity index (χ2v) is 7.91. The van der Waals surface area contributed by atoms with E-state index in [0.29, 0.717) is 39.5 Å². The van der Waals surface area contributed by atoms with Crippen LogP contribution in [0.3, 0.4) is 0 Å². The van der Waals surface area contributed by atoms with Gasteiger partial charge < -0.3 is 11.1 Å². The van der Waals surface area contributed by atoms with E-state index in [1.54, 1.807) is 36.7 Å². The van der Waals surface area contributed by atoms with Gasteiger partial charge in [0, 0.05) is 24.4 Å². The number of halogens is 3. The maximum atomic E-state index is 15.0. The number of hydrogen-bond donors (Lipinski definition) is 3. The molecule has 0 spiro atoms. The predicted molar refractivity (Wildman–Crippen MR) is 133 cm³/mol. The van der Waals surface area contributed by atoms with Gasteiger partial charge >= 0.3 is 0 Å². The average Bonchev–Trinajstić information content (AvgIpc) is 3.21. The summed E-state index contributed by atoms with van der Waals surface area (Å²) < 4.78 is 46.0. The van der Waals surface area contributed by atoms with Gasteiger partial charge in [-0.2, -0.15) is 0 Å². The molecule has 3 aromatic heterocycles. The minimum absolute atomic E-state index is 0.0124. The summed E-state index contributed by atoms with van der Waals surface area (Å²) in [6, 6.07) is 8.43. The first-order valence-electron chi connectivity index (χ1n) is 10.8. The maximum Gasteiger partial charge on any atom is 0.149 e. The van der Waals surface area contributed by atoms with Crippen LogP contribution in [0.2, 0.25) is 0 Å². The Hall–Kier alpha value is -4.80. The van der Waals surface area contributed by atoms with E-state index in [-0.39, 0.29) is 22.3 Å². The Morgan fingerprint density at radius 2 is 1.83 bits per heavy atom. The van der Waals surface area contributed by atoms with Crippen LogP contribution >= 0.6 is 0 Å². The molecule has 8 nitrogen and oxygen atoms in total. The first kappa shape index (κ1) is 23.0. The van der Waals surface area contributed by atoms with Crippen molar-refractivity contribution in [3.8, 4) is 16.8 Å². The monoisotopic (exact) mass is 488 g/mol. The van der Waals surface area contributed by atoms with E-state index in [1.807, 2.05) is 0 Å². The minimum atomic E-state index is -0.669. The van der Waals surface area contributed by atoms with Crippen LogP contribution < -0.4 is 11.1 Å². The molecule has 0 aliphatic carbocycles. The average molecular weight is 488 g/mol. The summed E-state index contributed by atoms with van der Waals surface area (Å²) in [5, 5.41) is 10.2. The molecule has 0 atom stereocenters. The van der Waals surface area contributed by atoms with Crippen molar-refractivity contribution in [3.63, 3.8) is 0 Å². The molecule has 0 saturated carbocycles. The molecule has 3 heterocycles. The van der Waals surface area contributed by atoms with Crippen LogP contribution in [-0.4, -0.2) is 38.7 Å². The number of aromatic nitrogens is 4. The van der Waals surface area contributed by atoms with Crippen LogP contribution in [0.4, 0.5) is 19.0 Å². The van der Waals surface area contributed by atoms with Gasteiger partial charge in [0.2, 0.25) is 0 Å². The number of aliphatic imine (C=N–C) groups is 1. The highest BCUT2D eigenvalue weighted by Crippen LogP contribution is 2.34. The number of nitrogens with one attached hydrogen (secondary N) is 2. The Morgan fingerprint density at radius 3 is 2.58 bits per heavy atom. The van der Waals surface area contributed by atoms with Gasteiger partial charge in [-0.1, -0.05) is 0 Å². The standard InChI is InChI=1S/C25H19F3N8/c1-12-35-23-15(25(30)34-11-29)7-13(14-9-21(31-2)33-10-18(14)28)8-20(23)36(12)19-5-6-32-24-17(27)4-3-16(26)22(19)24/h3-11H,1-2H3,(H,31,33)(H3,29,30,34). The Kier molecular flexibility index (Phi) is 5.59. The van der Waals surface area contributed by atoms with Crippen molar-refractivity contribution in [2.45, 2.75) is 6.92 Å². The number of nitrogens with zero attached hydrogens (tertiary/aromatic N) is 5. The van der Waals surface area contributed by atoms with Gasteiger partial charge in [-0.25, -0.2) is 28.1 Å². The van der Waals surface area contributed by atoms with E-state index in [9.17, 15) is 13.2 Å². The summed E-state index contributed by atoms with van der Waals surface area (Å²) >= 11 is 0. The minimum Gasteiger partial charge on any atom is -0.383 e. The number of pyridine rings is 2. The highest BCUT2D eigenvalue weighted by molar-refractivity contribution is 6.11. The van der Waals surface area contributed by atoms with E-state index in [4.69, 9.17) is 11.1 Å². The number of hydrogen-bond acceptors (Lipinski definition) is 5. The lowest BCUT2D eigenvalue weighted by Crippen LogP contribution is -2.14. The highest BCUT2D eigenvalue weighted by Gasteiger charge is 2.21. The first-order chi connectivity index (χ1) is 17.3. The molecule has 0 fully saturated rings. The fourth-order valence-corrected chi connectivity index (χ4v) is 4.25. The topological polar surface area (TPSA) is 118 Å². The summed E-state index contributed by atoms with van der Waals surface area (Å²) in [6.45, 7) is 1.70. The Morgan fingerprint density at radius 1 is 1.06 bits per heavy atom. The van der Waals surface area contributed by atoms with Crippen LogP contribution in [0.5, 0.6) is 0 Å². The number of benzene rings is 2. The van der Waals surface area contributed by atoms with Crippen molar-refractivity contribution in [1.82, 2.24) is 19.5 Å². The van der Waals surface area contributed by atoms with E-state index in [0.717, 1.165) is 24.7 Å². The molecule has 0 amide bonds. The Bertz CT molecular complexity index is 1710. The normalized spacial score (nSPS) is 11.9. The molecule has 4 N–H and O–H groups in total. The van der Waals surface area contributed by atoms with Gasteiger partial charge in [-0.15, -0.1) is 0 Å². The first-order valence-corrected chi connectivity index (χ1v) is 10.8. The van der Waals surface area contributed by atoms with Crippen LogP contribution in [-0.2, 0) is 0 Å². The molecule has 0 bridgehead atoms. The molecule has 0 radical (unpaired) electrons. The van der Waals surface area contributed by atoms with E-state index in [1.165, 1.54) is 12.3 Å². The van der Waals surface area contributed by atoms with Crippen molar-refractivity contribution < 1.29 is 13.2 Å². The molecular formula is C25H19F3N8. The van der Waals surface area contributed by atoms with E-state index < -0.39 is 17.5 Å². The lowest BCUT2D eigenvalue weighted by atomic mass is 10.0. The predicted octanol–water partition coefficient (Wildman–Crippen LogP) is 4.72. The second-order valence-electron chi connectivity index (χ2n) is 7.91. The van der Waals surface area contributed by atoms with Crippen molar-refractivity contribution in [2.75, 3.05) is 12.4 Å². The van der Waals surface area contributed by atoms with Crippen molar-refractivity contribution in [1.29, 1.82) is 5.41 Å². The molecule has 36 heavy (non-hydrogen) atoms. The third kappa shape index (κ3) is 3.61. The number of amidine groups is 1. The summed E-state index contributed by atoms with van der Waals surface area (Å²) in [5.74, 6) is -1.04. The van der Waals surface area contributed by atoms with Gasteiger partial charge in [0.25, 0.3) is 0 Å². The summed E-state index contributed by atoms with van der Waals surface area (Å²) in [5.41, 5.74) is 8.16. The van der Waals surface area contributed by atoms with Crippen LogP contribution in [0.25, 0.3) is 38.8 Å². The SMILES string of the molecule is CNc1cc(-c2cc(C(N)=NC=N)c3nc(C)n(-c4ccnc5c(F)ccc(F)c45)c3c2)c(F)cn1. The molecule has 0 unspecified atom stereocenters. The smallest absolute Gasteiger partial charge is 0.149 e. The molecule has 2 aromatic carbocycles. The van der Waals surface area contributed by atoms with Gasteiger partial charge in [-0.05, 0) is 48.9 Å². The van der Waals surface area contributed by atoms with Crippen LogP contribution in [0, 0.1) is 29.8 Å². The zero-order valence-corrected chi connectivity index (χ0v) is 19.1. The molecule has 11 heteroatoms. The highest BCUT2D eigenvalue weighted by atomic mass is 19.1. The van der Waals surface area contributed by atoms with Gasteiger partial charge in [0.1, 0.15) is 52.3 Å². The lowest BCUT2D eigenvalue weighted by molar-refractivity contribution is 0.615. The van der Waals surface area contributed by atoms with Crippen LogP contribution in [0.15, 0.2) is 53.8 Å². The van der Waals surface area contributed by atoms with Gasteiger partial charge in [0.05, 0.1) is 22.8 Å². The summed E-state index contributed by atoms with van der Waals surface area (Å²) in [6.07, 6.45) is 3.26. The number of rotatable bonds is 5. The molecule has 0 aliphatic rings. The van der Waals surface area contributed by atoms with Crippen molar-refractivity contribution in [3.05, 3.63) is 77.6 Å². The zero-order valence-electron chi connectivity index (χ0n) is 19.1. The Labute approximate surface area is 202 Å². The number of aryl methyl sites for hydroxylation is 1. The largest absolute Gasteiger partial charge is 0.383 e. The number of fused-ring (bicyclic) bond motifs is 2. The number of nitrogens with two attached hydrogens (primary N) is 1. The summed E-state index contributed by atoms with van der Waals surface area (Å²) in [7, 11) is 1.66. The van der Waals surface area contributed by atoms with E-state index >= 15 is 0 Å². The summed E-state index contributed by atoms with van der Waals surface area (Å²) in [4.78, 5) is 16.5. The third-order valence-corrected chi connectivity index (χ3v) is 5.84. The fourth-order valence-electron chi connectivity index (χ4n) is 4.25. The fraction of sp³-hybridized carbons (Fsp3) is 0.0800. The second kappa shape index (κ2) is 8.77. The number of imidazole rings is 1. The van der Waals surface area contributed by atoms with Crippen molar-refractivity contribution >= 4 is 39.9 Å². The van der Waals surface area contributed by atoms with Gasteiger partial charge in [-0.3, -0.25) is 15.0 Å². The molecular weight excluding hydrogens is 469 g/mol. The maximum absolute atomic E-state index is 15.0. The molecule has 0 saturated heterocycles. The van der Waals surface area contributed by atoms with Gasteiger partial charge in [0.15, 0.2) is 0 Å². The molecule has 180 valence electrons.